The van der Waals surface area contributed by atoms with Gasteiger partial charge in [-0.3, -0.25) is 4.98 Å². The summed E-state index contributed by atoms with van der Waals surface area (Å²) in [6, 6.07) is 7.45. The van der Waals surface area contributed by atoms with Gasteiger partial charge in [-0.05, 0) is 24.6 Å². The van der Waals surface area contributed by atoms with Crippen molar-refractivity contribution >= 4 is 5.82 Å². The van der Waals surface area contributed by atoms with E-state index in [-0.39, 0.29) is 0 Å². The Bertz CT molecular complexity index is 602. The lowest BCUT2D eigenvalue weighted by molar-refractivity contribution is 0.298. The first-order chi connectivity index (χ1) is 9.22. The molecular formula is C14H14N4O. The largest absolute Gasteiger partial charge is 0.487 e. The van der Waals surface area contributed by atoms with Crippen LogP contribution in [0.2, 0.25) is 0 Å². The van der Waals surface area contributed by atoms with Crippen LogP contribution >= 0.6 is 0 Å². The van der Waals surface area contributed by atoms with Crippen LogP contribution in [0.15, 0.2) is 30.6 Å². The molecule has 96 valence electrons. The number of anilines is 1. The number of aryl methyl sites for hydroxylation is 1. The zero-order valence-corrected chi connectivity index (χ0v) is 10.8. The number of hydrogen-bond donors (Lipinski definition) is 1. The minimum absolute atomic E-state index is 0.326. The van der Waals surface area contributed by atoms with Crippen LogP contribution in [-0.4, -0.2) is 17.0 Å². The van der Waals surface area contributed by atoms with Crippen molar-refractivity contribution in [1.29, 1.82) is 5.26 Å². The third-order valence-electron chi connectivity index (χ3n) is 2.65. The van der Waals surface area contributed by atoms with Crippen molar-refractivity contribution in [2.45, 2.75) is 13.5 Å². The Kier molecular flexibility index (Phi) is 3.94. The predicted molar refractivity (Wildman–Crippen MR) is 71.8 cm³/mol. The molecule has 5 heteroatoms. The number of benzene rings is 1. The smallest absolute Gasteiger partial charge is 0.144 e. The highest BCUT2D eigenvalue weighted by atomic mass is 16.5. The average Bonchev–Trinajstić information content (AvgIpc) is 2.47. The summed E-state index contributed by atoms with van der Waals surface area (Å²) in [6.45, 7) is 2.26. The van der Waals surface area contributed by atoms with Crippen LogP contribution in [-0.2, 0) is 6.61 Å². The van der Waals surface area contributed by atoms with Crippen molar-refractivity contribution in [3.05, 3.63) is 47.4 Å². The molecule has 5 nitrogen and oxygen atoms in total. The SMILES string of the molecule is CNc1cnc(COc2cc(C#N)ccc2C)cn1. The molecular weight excluding hydrogens is 240 g/mol. The maximum Gasteiger partial charge on any atom is 0.144 e. The number of aromatic nitrogens is 2. The monoisotopic (exact) mass is 254 g/mol. The van der Waals surface area contributed by atoms with Crippen molar-refractivity contribution in [3.63, 3.8) is 0 Å². The van der Waals surface area contributed by atoms with Gasteiger partial charge < -0.3 is 10.1 Å². The summed E-state index contributed by atoms with van der Waals surface area (Å²) in [5, 5.41) is 11.8. The first kappa shape index (κ1) is 12.8. The summed E-state index contributed by atoms with van der Waals surface area (Å²) < 4.78 is 5.66. The van der Waals surface area contributed by atoms with E-state index in [0.717, 1.165) is 11.3 Å². The number of nitriles is 1. The number of ether oxygens (including phenoxy) is 1. The van der Waals surface area contributed by atoms with E-state index in [2.05, 4.69) is 21.4 Å². The van der Waals surface area contributed by atoms with Crippen molar-refractivity contribution in [3.8, 4) is 11.8 Å². The molecule has 0 amide bonds. The molecule has 0 aliphatic carbocycles. The zero-order valence-electron chi connectivity index (χ0n) is 10.8. The predicted octanol–water partition coefficient (Wildman–Crippen LogP) is 2.28. The fourth-order valence-corrected chi connectivity index (χ4v) is 1.54. The highest BCUT2D eigenvalue weighted by molar-refractivity contribution is 5.41. The Balaban J connectivity index is 2.07. The van der Waals surface area contributed by atoms with Crippen LogP contribution in [0.1, 0.15) is 16.8 Å². The molecule has 0 aliphatic heterocycles. The van der Waals surface area contributed by atoms with Crippen LogP contribution in [0.3, 0.4) is 0 Å². The normalized spacial score (nSPS) is 9.74. The molecule has 0 saturated heterocycles. The lowest BCUT2D eigenvalue weighted by atomic mass is 10.1. The number of nitrogens with one attached hydrogen (secondary N) is 1. The minimum atomic E-state index is 0.326. The van der Waals surface area contributed by atoms with Gasteiger partial charge >= 0.3 is 0 Å². The highest BCUT2D eigenvalue weighted by Gasteiger charge is 2.03. The summed E-state index contributed by atoms with van der Waals surface area (Å²) in [5.74, 6) is 1.41. The molecule has 0 saturated carbocycles. The Morgan fingerprint density at radius 3 is 2.79 bits per heavy atom. The van der Waals surface area contributed by atoms with Crippen LogP contribution < -0.4 is 10.1 Å². The van der Waals surface area contributed by atoms with Gasteiger partial charge in [-0.2, -0.15) is 5.26 Å². The van der Waals surface area contributed by atoms with Crippen LogP contribution in [0.5, 0.6) is 5.75 Å². The molecule has 0 bridgehead atoms. The Morgan fingerprint density at radius 2 is 2.16 bits per heavy atom. The number of rotatable bonds is 4. The summed E-state index contributed by atoms with van der Waals surface area (Å²) >= 11 is 0. The van der Waals surface area contributed by atoms with E-state index in [1.165, 1.54) is 0 Å². The quantitative estimate of drug-likeness (QED) is 0.906. The fraction of sp³-hybridized carbons (Fsp3) is 0.214. The van der Waals surface area contributed by atoms with Gasteiger partial charge in [0.25, 0.3) is 0 Å². The summed E-state index contributed by atoms with van der Waals surface area (Å²) in [6.07, 6.45) is 3.31. The zero-order chi connectivity index (χ0) is 13.7. The molecule has 0 spiro atoms. The van der Waals surface area contributed by atoms with Gasteiger partial charge in [-0.1, -0.05) is 6.07 Å². The van der Waals surface area contributed by atoms with Crippen molar-refractivity contribution in [2.24, 2.45) is 0 Å². The fourth-order valence-electron chi connectivity index (χ4n) is 1.54. The first-order valence-electron chi connectivity index (χ1n) is 5.85. The lowest BCUT2D eigenvalue weighted by Gasteiger charge is -2.09. The van der Waals surface area contributed by atoms with Crippen molar-refractivity contribution < 1.29 is 4.74 Å². The molecule has 0 aliphatic rings. The highest BCUT2D eigenvalue weighted by Crippen LogP contribution is 2.20. The molecule has 0 fully saturated rings. The summed E-state index contributed by atoms with van der Waals surface area (Å²) in [7, 11) is 1.79. The maximum atomic E-state index is 8.86. The standard InChI is InChI=1S/C14H14N4O/c1-10-3-4-11(6-15)5-13(10)19-9-12-7-18-14(16-2)8-17-12/h3-5,7-8H,9H2,1-2H3,(H,16,18). The molecule has 1 heterocycles. The number of nitrogens with zero attached hydrogens (tertiary/aromatic N) is 3. The molecule has 2 rings (SSSR count). The van der Waals surface area contributed by atoms with Gasteiger partial charge in [0, 0.05) is 7.05 Å². The minimum Gasteiger partial charge on any atom is -0.487 e. The third kappa shape index (κ3) is 3.19. The van der Waals surface area contributed by atoms with Crippen LogP contribution in [0.4, 0.5) is 5.82 Å². The van der Waals surface area contributed by atoms with Gasteiger partial charge in [-0.25, -0.2) is 4.98 Å². The van der Waals surface area contributed by atoms with E-state index >= 15 is 0 Å². The second-order valence-electron chi connectivity index (χ2n) is 4.02. The molecule has 0 atom stereocenters. The molecule has 1 aromatic carbocycles. The Labute approximate surface area is 111 Å². The Hall–Kier alpha value is -2.61. The molecule has 1 aromatic heterocycles. The summed E-state index contributed by atoms with van der Waals surface area (Å²) in [4.78, 5) is 8.38. The van der Waals surface area contributed by atoms with E-state index in [0.29, 0.717) is 23.7 Å². The van der Waals surface area contributed by atoms with E-state index in [1.54, 1.807) is 31.6 Å². The summed E-state index contributed by atoms with van der Waals surface area (Å²) in [5.41, 5.74) is 2.30. The van der Waals surface area contributed by atoms with E-state index < -0.39 is 0 Å². The topological polar surface area (TPSA) is 70.8 Å². The van der Waals surface area contributed by atoms with Crippen molar-refractivity contribution in [2.75, 3.05) is 12.4 Å². The van der Waals surface area contributed by atoms with Crippen LogP contribution in [0.25, 0.3) is 0 Å². The average molecular weight is 254 g/mol. The number of hydrogen-bond acceptors (Lipinski definition) is 5. The van der Waals surface area contributed by atoms with Gasteiger partial charge in [-0.15, -0.1) is 0 Å². The van der Waals surface area contributed by atoms with Gasteiger partial charge in [0.1, 0.15) is 18.2 Å². The molecule has 2 aromatic rings. The van der Waals surface area contributed by atoms with Crippen LogP contribution in [0, 0.1) is 18.3 Å². The van der Waals surface area contributed by atoms with E-state index in [4.69, 9.17) is 10.00 Å². The second-order valence-corrected chi connectivity index (χ2v) is 4.02. The van der Waals surface area contributed by atoms with Gasteiger partial charge in [0.05, 0.1) is 29.7 Å². The molecule has 1 N–H and O–H groups in total. The molecule has 19 heavy (non-hydrogen) atoms. The molecule has 0 unspecified atom stereocenters. The first-order valence-corrected chi connectivity index (χ1v) is 5.85. The second kappa shape index (κ2) is 5.83. The Morgan fingerprint density at radius 1 is 1.32 bits per heavy atom. The van der Waals surface area contributed by atoms with Gasteiger partial charge in [0.2, 0.25) is 0 Å². The maximum absolute atomic E-state index is 8.86. The molecule has 0 radical (unpaired) electrons. The van der Waals surface area contributed by atoms with E-state index in [9.17, 15) is 0 Å². The van der Waals surface area contributed by atoms with Crippen molar-refractivity contribution in [1.82, 2.24) is 9.97 Å². The third-order valence-corrected chi connectivity index (χ3v) is 2.65. The van der Waals surface area contributed by atoms with E-state index in [1.807, 2.05) is 13.0 Å². The lowest BCUT2D eigenvalue weighted by Crippen LogP contribution is -2.02. The van der Waals surface area contributed by atoms with Gasteiger partial charge in [0.15, 0.2) is 0 Å².